The van der Waals surface area contributed by atoms with Crippen LogP contribution < -0.4 is 9.47 Å². The predicted molar refractivity (Wildman–Crippen MR) is 113 cm³/mol. The number of benzene rings is 2. The number of hydrogen-bond acceptors (Lipinski definition) is 6. The first kappa shape index (κ1) is 22.2. The fourth-order valence-corrected chi connectivity index (χ4v) is 2.29. The van der Waals surface area contributed by atoms with Crippen LogP contribution in [0.15, 0.2) is 92.3 Å². The fraction of sp³-hybridized carbons (Fsp3) is 0.0833. The first-order chi connectivity index (χ1) is 14.4. The SMILES string of the molecule is C=CC(=O)O/C=C\Oc1ccc(-c2ccc(O/C=C\OC(=O)C(=C)C)cc2C)cc1. The van der Waals surface area contributed by atoms with Crippen molar-refractivity contribution in [1.82, 2.24) is 0 Å². The van der Waals surface area contributed by atoms with Crippen molar-refractivity contribution < 1.29 is 28.5 Å². The molecule has 0 aliphatic carbocycles. The largest absolute Gasteiger partial charge is 0.462 e. The predicted octanol–water partition coefficient (Wildman–Crippen LogP) is 5.21. The van der Waals surface area contributed by atoms with E-state index in [1.54, 1.807) is 19.1 Å². The van der Waals surface area contributed by atoms with Crippen LogP contribution in [0, 0.1) is 6.92 Å². The molecule has 0 bridgehead atoms. The Balaban J connectivity index is 1.96. The second kappa shape index (κ2) is 11.1. The zero-order valence-electron chi connectivity index (χ0n) is 16.8. The zero-order chi connectivity index (χ0) is 21.9. The molecule has 154 valence electrons. The number of aryl methyl sites for hydroxylation is 1. The lowest BCUT2D eigenvalue weighted by Gasteiger charge is -2.09. The van der Waals surface area contributed by atoms with Gasteiger partial charge >= 0.3 is 11.9 Å². The number of carbonyl (C=O) groups excluding carboxylic acids is 2. The number of carbonyl (C=O) groups is 2. The summed E-state index contributed by atoms with van der Waals surface area (Å²) >= 11 is 0. The molecule has 0 saturated carbocycles. The summed E-state index contributed by atoms with van der Waals surface area (Å²) in [5.74, 6) is 0.133. The molecule has 0 aliphatic rings. The Hall–Kier alpha value is -4.06. The van der Waals surface area contributed by atoms with E-state index in [4.69, 9.17) is 14.2 Å². The van der Waals surface area contributed by atoms with Crippen LogP contribution in [0.4, 0.5) is 0 Å². The van der Waals surface area contributed by atoms with Crippen LogP contribution >= 0.6 is 0 Å². The van der Waals surface area contributed by atoms with E-state index in [1.807, 2.05) is 37.3 Å². The quantitative estimate of drug-likeness (QED) is 0.323. The Morgan fingerprint density at radius 2 is 1.47 bits per heavy atom. The molecule has 0 N–H and O–H groups in total. The highest BCUT2D eigenvalue weighted by atomic mass is 16.5. The Morgan fingerprint density at radius 1 is 0.867 bits per heavy atom. The maximum Gasteiger partial charge on any atom is 0.338 e. The highest BCUT2D eigenvalue weighted by molar-refractivity contribution is 5.87. The minimum Gasteiger partial charge on any atom is -0.462 e. The van der Waals surface area contributed by atoms with Gasteiger partial charge in [-0.05, 0) is 54.8 Å². The normalized spacial score (nSPS) is 10.6. The van der Waals surface area contributed by atoms with Gasteiger partial charge in [0.15, 0.2) is 0 Å². The second-order valence-electron chi connectivity index (χ2n) is 6.11. The summed E-state index contributed by atoms with van der Waals surface area (Å²) in [6.45, 7) is 10.3. The fourth-order valence-electron chi connectivity index (χ4n) is 2.29. The van der Waals surface area contributed by atoms with E-state index in [-0.39, 0.29) is 0 Å². The number of ether oxygens (including phenoxy) is 4. The lowest BCUT2D eigenvalue weighted by Crippen LogP contribution is -1.99. The summed E-state index contributed by atoms with van der Waals surface area (Å²) in [5.41, 5.74) is 3.34. The van der Waals surface area contributed by atoms with Crippen LogP contribution in [0.5, 0.6) is 11.5 Å². The van der Waals surface area contributed by atoms with E-state index in [0.29, 0.717) is 17.1 Å². The molecule has 2 rings (SSSR count). The van der Waals surface area contributed by atoms with Crippen LogP contribution in [-0.2, 0) is 19.1 Å². The molecule has 0 aliphatic heterocycles. The minimum absolute atomic E-state index is 0.309. The standard InChI is InChI=1S/C24H22O6/c1-5-23(25)29-14-12-27-20-8-6-19(7-9-20)22-11-10-21(16-18(22)4)28-13-15-30-24(26)17(2)3/h5-16H,1-2H2,3-4H3/b14-12-,15-13-. The average molecular weight is 406 g/mol. The van der Waals surface area contributed by atoms with E-state index >= 15 is 0 Å². The van der Waals surface area contributed by atoms with Gasteiger partial charge in [0, 0.05) is 11.6 Å². The number of hydrogen-bond donors (Lipinski definition) is 0. The van der Waals surface area contributed by atoms with E-state index in [2.05, 4.69) is 17.9 Å². The number of esters is 2. The summed E-state index contributed by atoms with van der Waals surface area (Å²) in [6, 6.07) is 13.1. The molecule has 0 spiro atoms. The molecule has 2 aromatic carbocycles. The lowest BCUT2D eigenvalue weighted by atomic mass is 10.0. The van der Waals surface area contributed by atoms with Crippen molar-refractivity contribution in [3.8, 4) is 22.6 Å². The van der Waals surface area contributed by atoms with Gasteiger partial charge in [0.2, 0.25) is 0 Å². The molecule has 2 aromatic rings. The third kappa shape index (κ3) is 6.83. The summed E-state index contributed by atoms with van der Waals surface area (Å²) in [5, 5.41) is 0. The van der Waals surface area contributed by atoms with Crippen LogP contribution in [0.3, 0.4) is 0 Å². The molecular formula is C24H22O6. The van der Waals surface area contributed by atoms with Gasteiger partial charge < -0.3 is 18.9 Å². The summed E-state index contributed by atoms with van der Waals surface area (Å²) in [6.07, 6.45) is 5.95. The van der Waals surface area contributed by atoms with Crippen molar-refractivity contribution in [2.24, 2.45) is 0 Å². The van der Waals surface area contributed by atoms with Crippen LogP contribution in [-0.4, -0.2) is 11.9 Å². The molecule has 30 heavy (non-hydrogen) atoms. The van der Waals surface area contributed by atoms with Crippen LogP contribution in [0.25, 0.3) is 11.1 Å². The third-order valence-corrected chi connectivity index (χ3v) is 3.76. The first-order valence-corrected chi connectivity index (χ1v) is 8.94. The van der Waals surface area contributed by atoms with Gasteiger partial charge in [-0.2, -0.15) is 0 Å². The average Bonchev–Trinajstić information content (AvgIpc) is 2.74. The second-order valence-corrected chi connectivity index (χ2v) is 6.11. The van der Waals surface area contributed by atoms with E-state index in [0.717, 1.165) is 29.0 Å². The molecule has 0 amide bonds. The summed E-state index contributed by atoms with van der Waals surface area (Å²) in [4.78, 5) is 22.2. The molecular weight excluding hydrogens is 384 g/mol. The maximum atomic E-state index is 11.3. The zero-order valence-corrected chi connectivity index (χ0v) is 16.8. The van der Waals surface area contributed by atoms with Gasteiger partial charge in [0.1, 0.15) is 36.5 Å². The van der Waals surface area contributed by atoms with Gasteiger partial charge in [0.25, 0.3) is 0 Å². The Labute approximate surface area is 175 Å². The third-order valence-electron chi connectivity index (χ3n) is 3.76. The topological polar surface area (TPSA) is 71.1 Å². The van der Waals surface area contributed by atoms with Crippen molar-refractivity contribution in [2.45, 2.75) is 13.8 Å². The molecule has 0 radical (unpaired) electrons. The van der Waals surface area contributed by atoms with Crippen molar-refractivity contribution in [2.75, 3.05) is 0 Å². The molecule has 6 nitrogen and oxygen atoms in total. The Kier molecular flexibility index (Phi) is 8.20. The monoisotopic (exact) mass is 406 g/mol. The summed E-state index contributed by atoms with van der Waals surface area (Å²) in [7, 11) is 0. The smallest absolute Gasteiger partial charge is 0.338 e. The molecule has 0 fully saturated rings. The molecule has 6 heteroatoms. The van der Waals surface area contributed by atoms with Crippen molar-refractivity contribution >= 4 is 11.9 Å². The minimum atomic E-state index is -0.559. The first-order valence-electron chi connectivity index (χ1n) is 8.94. The van der Waals surface area contributed by atoms with Gasteiger partial charge in [-0.15, -0.1) is 0 Å². The van der Waals surface area contributed by atoms with Crippen LogP contribution in [0.1, 0.15) is 12.5 Å². The van der Waals surface area contributed by atoms with E-state index in [9.17, 15) is 9.59 Å². The van der Waals surface area contributed by atoms with Gasteiger partial charge in [0.05, 0.1) is 0 Å². The number of rotatable bonds is 9. The van der Waals surface area contributed by atoms with Crippen molar-refractivity contribution in [3.63, 3.8) is 0 Å². The van der Waals surface area contributed by atoms with Crippen molar-refractivity contribution in [3.05, 3.63) is 97.9 Å². The Morgan fingerprint density at radius 3 is 2.07 bits per heavy atom. The summed E-state index contributed by atoms with van der Waals surface area (Å²) < 4.78 is 20.3. The molecule has 0 unspecified atom stereocenters. The Bertz CT molecular complexity index is 983. The van der Waals surface area contributed by atoms with Gasteiger partial charge in [-0.3, -0.25) is 0 Å². The van der Waals surface area contributed by atoms with Crippen LogP contribution in [0.2, 0.25) is 0 Å². The maximum absolute atomic E-state index is 11.3. The lowest BCUT2D eigenvalue weighted by molar-refractivity contribution is -0.134. The molecule has 0 atom stereocenters. The molecule has 0 aromatic heterocycles. The van der Waals surface area contributed by atoms with Gasteiger partial charge in [-0.1, -0.05) is 31.4 Å². The molecule has 0 heterocycles. The van der Waals surface area contributed by atoms with Crippen molar-refractivity contribution in [1.29, 1.82) is 0 Å². The highest BCUT2D eigenvalue weighted by Crippen LogP contribution is 2.28. The van der Waals surface area contributed by atoms with E-state index in [1.165, 1.54) is 18.8 Å². The van der Waals surface area contributed by atoms with E-state index < -0.39 is 11.9 Å². The van der Waals surface area contributed by atoms with Gasteiger partial charge in [-0.25, -0.2) is 9.59 Å². The molecule has 0 saturated heterocycles. The highest BCUT2D eigenvalue weighted by Gasteiger charge is 2.05.